The average Bonchev–Trinajstić information content (AvgIpc) is 2.36. The maximum absolute atomic E-state index is 12.3. The Kier molecular flexibility index (Phi) is 5.71. The Labute approximate surface area is 120 Å². The third kappa shape index (κ3) is 4.31. The molecule has 0 radical (unpaired) electrons. The SMILES string of the molecule is CCC(CC(=O)OC)NS(=O)(=O)c1ccc(C)cc1C. The van der Waals surface area contributed by atoms with E-state index in [4.69, 9.17) is 0 Å². The highest BCUT2D eigenvalue weighted by molar-refractivity contribution is 7.89. The highest BCUT2D eigenvalue weighted by atomic mass is 32.2. The van der Waals surface area contributed by atoms with Gasteiger partial charge in [0, 0.05) is 6.04 Å². The first-order chi connectivity index (χ1) is 9.30. The predicted molar refractivity (Wildman–Crippen MR) is 76.9 cm³/mol. The zero-order valence-electron chi connectivity index (χ0n) is 12.3. The molecule has 1 aromatic carbocycles. The van der Waals surface area contributed by atoms with Crippen molar-refractivity contribution in [3.8, 4) is 0 Å². The molecule has 1 atom stereocenters. The van der Waals surface area contributed by atoms with Crippen molar-refractivity contribution in [3.05, 3.63) is 29.3 Å². The summed E-state index contributed by atoms with van der Waals surface area (Å²) in [6, 6.07) is 4.68. The summed E-state index contributed by atoms with van der Waals surface area (Å²) in [7, 11) is -2.35. The van der Waals surface area contributed by atoms with Crippen LogP contribution in [0.2, 0.25) is 0 Å². The monoisotopic (exact) mass is 299 g/mol. The second kappa shape index (κ2) is 6.85. The highest BCUT2D eigenvalue weighted by Crippen LogP contribution is 2.17. The molecule has 20 heavy (non-hydrogen) atoms. The summed E-state index contributed by atoms with van der Waals surface area (Å²) in [5, 5.41) is 0. The van der Waals surface area contributed by atoms with Crippen molar-refractivity contribution >= 4 is 16.0 Å². The van der Waals surface area contributed by atoms with Gasteiger partial charge in [0.25, 0.3) is 0 Å². The first-order valence-electron chi connectivity index (χ1n) is 6.46. The van der Waals surface area contributed by atoms with Crippen molar-refractivity contribution in [3.63, 3.8) is 0 Å². The molecule has 0 saturated heterocycles. The molecule has 112 valence electrons. The topological polar surface area (TPSA) is 72.5 Å². The van der Waals surface area contributed by atoms with Gasteiger partial charge in [-0.15, -0.1) is 0 Å². The lowest BCUT2D eigenvalue weighted by atomic mass is 10.2. The fourth-order valence-corrected chi connectivity index (χ4v) is 3.48. The number of rotatable bonds is 6. The second-order valence-corrected chi connectivity index (χ2v) is 6.46. The number of carbonyl (C=O) groups is 1. The summed E-state index contributed by atoms with van der Waals surface area (Å²) < 4.78 is 31.8. The van der Waals surface area contributed by atoms with E-state index in [1.165, 1.54) is 7.11 Å². The summed E-state index contributed by atoms with van der Waals surface area (Å²) in [4.78, 5) is 11.5. The van der Waals surface area contributed by atoms with Gasteiger partial charge in [-0.3, -0.25) is 4.79 Å². The lowest BCUT2D eigenvalue weighted by Crippen LogP contribution is -2.36. The van der Waals surface area contributed by atoms with Gasteiger partial charge in [-0.05, 0) is 31.9 Å². The van der Waals surface area contributed by atoms with Crippen LogP contribution in [0.15, 0.2) is 23.1 Å². The van der Waals surface area contributed by atoms with E-state index in [1.54, 1.807) is 19.1 Å². The summed E-state index contributed by atoms with van der Waals surface area (Å²) in [6.45, 7) is 5.48. The summed E-state index contributed by atoms with van der Waals surface area (Å²) in [5.41, 5.74) is 1.69. The molecule has 1 unspecified atom stereocenters. The highest BCUT2D eigenvalue weighted by Gasteiger charge is 2.22. The largest absolute Gasteiger partial charge is 0.469 e. The average molecular weight is 299 g/mol. The van der Waals surface area contributed by atoms with Gasteiger partial charge in [0.15, 0.2) is 0 Å². The van der Waals surface area contributed by atoms with Gasteiger partial charge in [0.1, 0.15) is 0 Å². The van der Waals surface area contributed by atoms with Gasteiger partial charge < -0.3 is 4.74 Å². The van der Waals surface area contributed by atoms with Gasteiger partial charge in [0.2, 0.25) is 10.0 Å². The van der Waals surface area contributed by atoms with Crippen LogP contribution in [0.1, 0.15) is 30.9 Å². The van der Waals surface area contributed by atoms with E-state index < -0.39 is 22.0 Å². The van der Waals surface area contributed by atoms with Crippen molar-refractivity contribution < 1.29 is 17.9 Å². The first-order valence-corrected chi connectivity index (χ1v) is 7.95. The van der Waals surface area contributed by atoms with Crippen LogP contribution in [0.5, 0.6) is 0 Å². The summed E-state index contributed by atoms with van der Waals surface area (Å²) in [6.07, 6.45) is 0.538. The molecule has 0 bridgehead atoms. The number of hydrogen-bond acceptors (Lipinski definition) is 4. The number of ether oxygens (including phenoxy) is 1. The third-order valence-electron chi connectivity index (χ3n) is 3.08. The molecule has 0 fully saturated rings. The number of sulfonamides is 1. The lowest BCUT2D eigenvalue weighted by Gasteiger charge is -2.17. The van der Waals surface area contributed by atoms with Gasteiger partial charge in [-0.2, -0.15) is 0 Å². The Morgan fingerprint density at radius 3 is 2.50 bits per heavy atom. The Hall–Kier alpha value is -1.40. The molecule has 0 heterocycles. The minimum atomic E-state index is -3.63. The summed E-state index contributed by atoms with van der Waals surface area (Å²) >= 11 is 0. The molecule has 0 saturated carbocycles. The quantitative estimate of drug-likeness (QED) is 0.815. The lowest BCUT2D eigenvalue weighted by molar-refractivity contribution is -0.141. The first kappa shape index (κ1) is 16.7. The van der Waals surface area contributed by atoms with E-state index >= 15 is 0 Å². The maximum atomic E-state index is 12.3. The zero-order chi connectivity index (χ0) is 15.3. The van der Waals surface area contributed by atoms with Crippen LogP contribution in [0.4, 0.5) is 0 Å². The van der Waals surface area contributed by atoms with Gasteiger partial charge in [-0.25, -0.2) is 13.1 Å². The number of nitrogens with one attached hydrogen (secondary N) is 1. The van der Waals surface area contributed by atoms with Gasteiger partial charge in [-0.1, -0.05) is 24.6 Å². The Bertz CT molecular complexity index is 581. The Morgan fingerprint density at radius 1 is 1.35 bits per heavy atom. The number of hydrogen-bond donors (Lipinski definition) is 1. The van der Waals surface area contributed by atoms with E-state index in [2.05, 4.69) is 9.46 Å². The molecule has 5 nitrogen and oxygen atoms in total. The van der Waals surface area contributed by atoms with E-state index in [-0.39, 0.29) is 11.3 Å². The summed E-state index contributed by atoms with van der Waals surface area (Å²) in [5.74, 6) is -0.430. The predicted octanol–water partition coefficient (Wildman–Crippen LogP) is 1.92. The molecule has 0 aliphatic heterocycles. The molecule has 0 aromatic heterocycles. The fraction of sp³-hybridized carbons (Fsp3) is 0.500. The standard InChI is InChI=1S/C14H21NO4S/c1-5-12(9-14(16)19-4)15-20(17,18)13-7-6-10(2)8-11(13)3/h6-8,12,15H,5,9H2,1-4H3. The van der Waals surface area contributed by atoms with E-state index in [1.807, 2.05) is 19.9 Å². The molecule has 1 N–H and O–H groups in total. The van der Waals surface area contributed by atoms with Crippen molar-refractivity contribution in [2.75, 3.05) is 7.11 Å². The van der Waals surface area contributed by atoms with Crippen molar-refractivity contribution in [1.82, 2.24) is 4.72 Å². The number of benzene rings is 1. The van der Waals surface area contributed by atoms with Crippen molar-refractivity contribution in [2.45, 2.75) is 44.6 Å². The molecule has 6 heteroatoms. The van der Waals surface area contributed by atoms with Crippen LogP contribution in [-0.4, -0.2) is 27.5 Å². The Morgan fingerprint density at radius 2 is 2.00 bits per heavy atom. The van der Waals surface area contributed by atoms with Crippen LogP contribution in [0, 0.1) is 13.8 Å². The van der Waals surface area contributed by atoms with Crippen molar-refractivity contribution in [2.24, 2.45) is 0 Å². The van der Waals surface area contributed by atoms with E-state index in [9.17, 15) is 13.2 Å². The van der Waals surface area contributed by atoms with Crippen molar-refractivity contribution in [1.29, 1.82) is 0 Å². The van der Waals surface area contributed by atoms with Crippen LogP contribution in [0.3, 0.4) is 0 Å². The van der Waals surface area contributed by atoms with Crippen LogP contribution >= 0.6 is 0 Å². The van der Waals surface area contributed by atoms with E-state index in [0.29, 0.717) is 12.0 Å². The molecule has 0 spiro atoms. The van der Waals surface area contributed by atoms with E-state index in [0.717, 1.165) is 5.56 Å². The minimum absolute atomic E-state index is 0.0249. The molecule has 1 rings (SSSR count). The van der Waals surface area contributed by atoms with Gasteiger partial charge >= 0.3 is 5.97 Å². The second-order valence-electron chi connectivity index (χ2n) is 4.78. The minimum Gasteiger partial charge on any atom is -0.469 e. The molecular weight excluding hydrogens is 278 g/mol. The number of methoxy groups -OCH3 is 1. The number of carbonyl (C=O) groups excluding carboxylic acids is 1. The zero-order valence-corrected chi connectivity index (χ0v) is 13.1. The van der Waals surface area contributed by atoms with Crippen LogP contribution in [0.25, 0.3) is 0 Å². The number of esters is 1. The third-order valence-corrected chi connectivity index (χ3v) is 4.76. The normalized spacial score (nSPS) is 13.0. The number of aryl methyl sites for hydroxylation is 2. The molecule has 0 aliphatic rings. The molecule has 0 amide bonds. The Balaban J connectivity index is 2.95. The smallest absolute Gasteiger partial charge is 0.307 e. The maximum Gasteiger partial charge on any atom is 0.307 e. The molecule has 0 aliphatic carbocycles. The fourth-order valence-electron chi connectivity index (χ4n) is 1.94. The van der Waals surface area contributed by atoms with Crippen LogP contribution in [-0.2, 0) is 19.6 Å². The molecular formula is C14H21NO4S. The van der Waals surface area contributed by atoms with Gasteiger partial charge in [0.05, 0.1) is 18.4 Å². The van der Waals surface area contributed by atoms with Crippen LogP contribution < -0.4 is 4.72 Å². The molecule has 1 aromatic rings.